The first-order valence-electron chi connectivity index (χ1n) is 7.81. The van der Waals surface area contributed by atoms with E-state index in [1.54, 1.807) is 18.2 Å². The Kier molecular flexibility index (Phi) is 3.88. The van der Waals surface area contributed by atoms with Gasteiger partial charge < -0.3 is 4.74 Å². The van der Waals surface area contributed by atoms with Crippen molar-refractivity contribution in [3.63, 3.8) is 0 Å². The van der Waals surface area contributed by atoms with E-state index in [9.17, 15) is 13.6 Å². The number of hydrogen-bond donors (Lipinski definition) is 0. The van der Waals surface area contributed by atoms with Crippen molar-refractivity contribution in [3.8, 4) is 0 Å². The van der Waals surface area contributed by atoms with Crippen LogP contribution in [-0.2, 0) is 23.8 Å². The Morgan fingerprint density at radius 1 is 1.20 bits per heavy atom. The van der Waals surface area contributed by atoms with Crippen molar-refractivity contribution in [3.05, 3.63) is 64.7 Å². The first-order valence-corrected chi connectivity index (χ1v) is 8.62. The Hall–Kier alpha value is -2.54. The molecule has 0 saturated carbocycles. The van der Waals surface area contributed by atoms with Gasteiger partial charge in [-0.25, -0.2) is 14.7 Å². The molecule has 0 saturated heterocycles. The number of fused-ring (bicyclic) bond motifs is 2. The molecule has 1 aliphatic heterocycles. The molecule has 25 heavy (non-hydrogen) atoms. The summed E-state index contributed by atoms with van der Waals surface area (Å²) in [5.41, 5.74) is 1.22. The monoisotopic (exact) mass is 360 g/mol. The average molecular weight is 360 g/mol. The number of ether oxygens (including phenoxy) is 1. The van der Waals surface area contributed by atoms with Crippen LogP contribution in [0.5, 0.6) is 0 Å². The van der Waals surface area contributed by atoms with Gasteiger partial charge in [-0.3, -0.25) is 0 Å². The van der Waals surface area contributed by atoms with Crippen LogP contribution in [0, 0.1) is 0 Å². The largest absolute Gasteiger partial charge is 0.442 e. The molecule has 4 nitrogen and oxygen atoms in total. The molecule has 0 bridgehead atoms. The molecule has 3 aromatic rings. The smallest absolute Gasteiger partial charge is 0.415 e. The number of nitrogens with zero attached hydrogens (tertiary/aromatic N) is 2. The highest BCUT2D eigenvalue weighted by atomic mass is 32.1. The number of rotatable bonds is 2. The minimum Gasteiger partial charge on any atom is -0.442 e. The lowest BCUT2D eigenvalue weighted by atomic mass is 9.98. The Morgan fingerprint density at radius 3 is 2.80 bits per heavy atom. The molecule has 2 heterocycles. The van der Waals surface area contributed by atoms with Gasteiger partial charge in [0.25, 0.3) is 0 Å². The van der Waals surface area contributed by atoms with Gasteiger partial charge in [-0.15, -0.1) is 11.3 Å². The predicted molar refractivity (Wildman–Crippen MR) is 90.6 cm³/mol. The molecule has 4 rings (SSSR count). The third-order valence-electron chi connectivity index (χ3n) is 4.16. The highest BCUT2D eigenvalue weighted by molar-refractivity contribution is 7.18. The minimum atomic E-state index is -3.38. The second-order valence-corrected chi connectivity index (χ2v) is 6.85. The maximum atomic E-state index is 14.6. The topological polar surface area (TPSA) is 42.4 Å². The molecule has 128 valence electrons. The summed E-state index contributed by atoms with van der Waals surface area (Å²) in [5.74, 6) is 0. The fourth-order valence-electron chi connectivity index (χ4n) is 2.94. The Balaban J connectivity index is 1.49. The number of para-hydroxylation sites is 1. The maximum Gasteiger partial charge on any atom is 0.415 e. The molecule has 1 amide bonds. The van der Waals surface area contributed by atoms with E-state index in [1.807, 2.05) is 24.3 Å². The van der Waals surface area contributed by atoms with E-state index in [2.05, 4.69) is 4.98 Å². The van der Waals surface area contributed by atoms with Gasteiger partial charge in [0, 0.05) is 12.1 Å². The van der Waals surface area contributed by atoms with Crippen LogP contribution < -0.4 is 0 Å². The van der Waals surface area contributed by atoms with E-state index < -0.39 is 12.1 Å². The third kappa shape index (κ3) is 2.84. The van der Waals surface area contributed by atoms with Crippen LogP contribution in [-0.4, -0.2) is 22.5 Å². The van der Waals surface area contributed by atoms with Crippen molar-refractivity contribution in [2.24, 2.45) is 0 Å². The number of amides is 1. The van der Waals surface area contributed by atoms with Crippen molar-refractivity contribution in [1.29, 1.82) is 0 Å². The summed E-state index contributed by atoms with van der Waals surface area (Å²) < 4.78 is 35.3. The normalized spacial score (nSPS) is 15.8. The van der Waals surface area contributed by atoms with Crippen LogP contribution in [0.2, 0.25) is 0 Å². The quantitative estimate of drug-likeness (QED) is 0.630. The average Bonchev–Trinajstić information content (AvgIpc) is 3.03. The van der Waals surface area contributed by atoms with Crippen LogP contribution in [0.15, 0.2) is 48.5 Å². The summed E-state index contributed by atoms with van der Waals surface area (Å²) in [4.78, 5) is 17.0. The van der Waals surface area contributed by atoms with Crippen LogP contribution in [0.4, 0.5) is 13.6 Å². The molecular formula is C18H14F2N2O2S. The van der Waals surface area contributed by atoms with E-state index in [4.69, 9.17) is 4.74 Å². The summed E-state index contributed by atoms with van der Waals surface area (Å²) >= 11 is 1.38. The molecular weight excluding hydrogens is 346 g/mol. The zero-order valence-corrected chi connectivity index (χ0v) is 13.9. The van der Waals surface area contributed by atoms with Crippen LogP contribution >= 0.6 is 11.3 Å². The zero-order valence-electron chi connectivity index (χ0n) is 13.1. The number of hydrogen-bond acceptors (Lipinski definition) is 4. The third-order valence-corrected chi connectivity index (χ3v) is 5.17. The van der Waals surface area contributed by atoms with E-state index in [1.165, 1.54) is 17.4 Å². The fourth-order valence-corrected chi connectivity index (χ4v) is 3.82. The van der Waals surface area contributed by atoms with Gasteiger partial charge in [-0.05, 0) is 24.1 Å². The van der Waals surface area contributed by atoms with Gasteiger partial charge in [0.05, 0.1) is 10.2 Å². The van der Waals surface area contributed by atoms with E-state index in [-0.39, 0.29) is 18.7 Å². The fraction of sp³-hybridized carbons (Fsp3) is 0.222. The lowest BCUT2D eigenvalue weighted by Gasteiger charge is -2.35. The molecule has 0 spiro atoms. The lowest BCUT2D eigenvalue weighted by Crippen LogP contribution is -2.48. The lowest BCUT2D eigenvalue weighted by molar-refractivity contribution is -0.146. The van der Waals surface area contributed by atoms with Gasteiger partial charge in [-0.2, -0.15) is 8.78 Å². The summed E-state index contributed by atoms with van der Waals surface area (Å²) in [7, 11) is 0. The van der Waals surface area contributed by atoms with E-state index in [0.29, 0.717) is 21.9 Å². The van der Waals surface area contributed by atoms with Crippen molar-refractivity contribution in [1.82, 2.24) is 9.88 Å². The molecule has 2 aromatic carbocycles. The highest BCUT2D eigenvalue weighted by Crippen LogP contribution is 2.38. The molecule has 1 aliphatic rings. The van der Waals surface area contributed by atoms with Gasteiger partial charge in [-0.1, -0.05) is 36.4 Å². The highest BCUT2D eigenvalue weighted by Gasteiger charge is 2.47. The van der Waals surface area contributed by atoms with E-state index >= 15 is 0 Å². The minimum absolute atomic E-state index is 0.0807. The zero-order chi connectivity index (χ0) is 17.4. The number of alkyl halides is 2. The Morgan fingerprint density at radius 2 is 1.96 bits per heavy atom. The maximum absolute atomic E-state index is 14.6. The number of thiazole rings is 1. The van der Waals surface area contributed by atoms with Crippen molar-refractivity contribution in [2.45, 2.75) is 19.1 Å². The first-order chi connectivity index (χ1) is 12.1. The molecule has 0 fully saturated rings. The van der Waals surface area contributed by atoms with Gasteiger partial charge in [0.2, 0.25) is 0 Å². The SMILES string of the molecule is O=C(OCc1nc2ccccc2s1)N1CCc2ccccc2C1(F)F. The summed E-state index contributed by atoms with van der Waals surface area (Å²) in [6.07, 6.45) is -0.652. The summed E-state index contributed by atoms with van der Waals surface area (Å²) in [5, 5.41) is 0.579. The molecule has 1 aromatic heterocycles. The molecule has 7 heteroatoms. The van der Waals surface area contributed by atoms with Crippen molar-refractivity contribution >= 4 is 27.6 Å². The second-order valence-electron chi connectivity index (χ2n) is 5.73. The molecule has 0 unspecified atom stereocenters. The molecule has 0 aliphatic carbocycles. The van der Waals surface area contributed by atoms with Gasteiger partial charge in [0.15, 0.2) is 0 Å². The summed E-state index contributed by atoms with van der Waals surface area (Å²) in [6, 6.07) is 10.4. The predicted octanol–water partition coefficient (Wildman–Crippen LogP) is 4.54. The number of carbonyl (C=O) groups is 1. The van der Waals surface area contributed by atoms with Gasteiger partial charge in [0.1, 0.15) is 11.6 Å². The Bertz CT molecular complexity index is 908. The molecule has 0 radical (unpaired) electrons. The first kappa shape index (κ1) is 16.0. The number of carbonyl (C=O) groups excluding carboxylic acids is 1. The molecule has 0 N–H and O–H groups in total. The van der Waals surface area contributed by atoms with Crippen LogP contribution in [0.3, 0.4) is 0 Å². The van der Waals surface area contributed by atoms with Crippen LogP contribution in [0.25, 0.3) is 10.2 Å². The van der Waals surface area contributed by atoms with Crippen molar-refractivity contribution in [2.75, 3.05) is 6.54 Å². The van der Waals surface area contributed by atoms with Crippen molar-refractivity contribution < 1.29 is 18.3 Å². The summed E-state index contributed by atoms with van der Waals surface area (Å²) in [6.45, 7) is -0.199. The van der Waals surface area contributed by atoms with E-state index in [0.717, 1.165) is 10.2 Å². The standard InChI is InChI=1S/C18H14F2N2O2S/c19-18(20)13-6-2-1-5-12(13)9-10-22(18)17(23)24-11-16-21-14-7-3-4-8-15(14)25-16/h1-8H,9-11H2. The molecule has 0 atom stereocenters. The number of halogens is 2. The number of benzene rings is 2. The number of aromatic nitrogens is 1. The Labute approximate surface area is 146 Å². The van der Waals surface area contributed by atoms with Crippen LogP contribution in [0.1, 0.15) is 16.1 Å². The second kappa shape index (κ2) is 6.07. The van der Waals surface area contributed by atoms with Gasteiger partial charge >= 0.3 is 12.1 Å².